The Bertz CT molecular complexity index is 172. The minimum atomic E-state index is -0.474. The van der Waals surface area contributed by atoms with Gasteiger partial charge >= 0.3 is 0 Å². The number of nitrogens with two attached hydrogens (primary N) is 1. The average molecular weight is 143 g/mol. The maximum atomic E-state index is 10.4. The average Bonchev–Trinajstić information content (AvgIpc) is 1.84. The normalized spacial score (nSPS) is 11.1. The summed E-state index contributed by atoms with van der Waals surface area (Å²) in [4.78, 5) is 10.4. The number of allylic oxidation sites excluding steroid dienone is 1. The first-order valence-electron chi connectivity index (χ1n) is 2.50. The first kappa shape index (κ1) is 8.38. The van der Waals surface area contributed by atoms with Crippen LogP contribution in [0.4, 0.5) is 0 Å². The molecule has 0 saturated heterocycles. The van der Waals surface area contributed by atoms with E-state index >= 15 is 0 Å². The first-order chi connectivity index (χ1) is 4.09. The van der Waals surface area contributed by atoms with Gasteiger partial charge in [-0.1, -0.05) is 12.7 Å². The molecule has 0 aromatic carbocycles. The van der Waals surface area contributed by atoms with Crippen LogP contribution in [0.3, 0.4) is 0 Å². The van der Waals surface area contributed by atoms with Gasteiger partial charge < -0.3 is 5.73 Å². The summed E-state index contributed by atoms with van der Waals surface area (Å²) in [5.74, 6) is -0.474. The third-order valence-electron chi connectivity index (χ3n) is 0.957. The molecule has 0 saturated carbocycles. The molecule has 0 bridgehead atoms. The molecule has 0 aromatic rings. The van der Waals surface area contributed by atoms with Crippen LogP contribution in [0.5, 0.6) is 0 Å². The Kier molecular flexibility index (Phi) is 3.18. The lowest BCUT2D eigenvalue weighted by atomic mass is 10.2. The topological polar surface area (TPSA) is 43.1 Å². The van der Waals surface area contributed by atoms with E-state index < -0.39 is 5.91 Å². The molecule has 0 aliphatic carbocycles. The summed E-state index contributed by atoms with van der Waals surface area (Å²) in [6.45, 7) is 5.28. The summed E-state index contributed by atoms with van der Waals surface area (Å²) in [6.07, 6.45) is 1.76. The molecule has 1 amide bonds. The predicted molar refractivity (Wildman–Crippen MR) is 41.8 cm³/mol. The Labute approximate surface area is 57.0 Å². The molecule has 0 aliphatic heterocycles. The van der Waals surface area contributed by atoms with Gasteiger partial charge in [-0.05, 0) is 12.2 Å². The molecular weight excluding hydrogens is 133 g/mol. The third kappa shape index (κ3) is 2.43. The summed E-state index contributed by atoms with van der Waals surface area (Å²) in [6, 6.07) is 0. The molecule has 0 radical (unpaired) electrons. The van der Waals surface area contributed by atoms with E-state index in [0.29, 0.717) is 5.57 Å². The van der Waals surface area contributed by atoms with Gasteiger partial charge in [-0.15, -0.1) is 9.24 Å². The van der Waals surface area contributed by atoms with E-state index in [9.17, 15) is 4.79 Å². The Morgan fingerprint density at radius 2 is 2.22 bits per heavy atom. The molecule has 0 heterocycles. The monoisotopic (exact) mass is 143 g/mol. The molecule has 50 valence electrons. The summed E-state index contributed by atoms with van der Waals surface area (Å²) in [7, 11) is 2.38. The minimum Gasteiger partial charge on any atom is -0.366 e. The largest absolute Gasteiger partial charge is 0.366 e. The quantitative estimate of drug-likeness (QED) is 0.347. The Morgan fingerprint density at radius 1 is 1.78 bits per heavy atom. The molecule has 0 aromatic heterocycles. The lowest BCUT2D eigenvalue weighted by Gasteiger charge is -1.96. The van der Waals surface area contributed by atoms with Gasteiger partial charge in [0.05, 0.1) is 0 Å². The fourth-order valence-corrected chi connectivity index (χ4v) is 0.459. The SMILES string of the molecule is C=C(C(N)=O)C(P)=CC. The van der Waals surface area contributed by atoms with Gasteiger partial charge in [0, 0.05) is 5.57 Å². The molecule has 3 heteroatoms. The maximum Gasteiger partial charge on any atom is 0.248 e. The zero-order chi connectivity index (χ0) is 7.44. The van der Waals surface area contributed by atoms with Gasteiger partial charge in [0.15, 0.2) is 0 Å². The molecule has 2 nitrogen and oxygen atoms in total. The second-order valence-corrected chi connectivity index (χ2v) is 2.21. The molecule has 0 aliphatic rings. The standard InChI is InChI=1S/C6H10NOP/c1-3-5(9)4(2)6(7)8/h3H,2,9H2,1H3,(H2,7,8). The summed E-state index contributed by atoms with van der Waals surface area (Å²) >= 11 is 0. The van der Waals surface area contributed by atoms with Crippen molar-refractivity contribution in [2.24, 2.45) is 5.73 Å². The fourth-order valence-electron chi connectivity index (χ4n) is 0.316. The zero-order valence-electron chi connectivity index (χ0n) is 5.35. The van der Waals surface area contributed by atoms with Gasteiger partial charge in [0.25, 0.3) is 0 Å². The van der Waals surface area contributed by atoms with E-state index in [4.69, 9.17) is 5.73 Å². The number of carbonyl (C=O) groups excluding carboxylic acids is 1. The first-order valence-corrected chi connectivity index (χ1v) is 3.08. The number of amides is 1. The minimum absolute atomic E-state index is 0.350. The summed E-state index contributed by atoms with van der Waals surface area (Å²) in [5.41, 5.74) is 5.27. The highest BCUT2D eigenvalue weighted by atomic mass is 31.0. The highest BCUT2D eigenvalue weighted by Gasteiger charge is 2.00. The predicted octanol–water partition coefficient (Wildman–Crippen LogP) is 0.807. The van der Waals surface area contributed by atoms with Crippen molar-refractivity contribution in [3.8, 4) is 0 Å². The van der Waals surface area contributed by atoms with Crippen LogP contribution in [0.1, 0.15) is 6.92 Å². The molecular formula is C6H10NOP. The Morgan fingerprint density at radius 3 is 2.33 bits per heavy atom. The van der Waals surface area contributed by atoms with Gasteiger partial charge in [0.1, 0.15) is 0 Å². The van der Waals surface area contributed by atoms with Crippen LogP contribution < -0.4 is 5.73 Å². The van der Waals surface area contributed by atoms with Crippen LogP contribution in [0.2, 0.25) is 0 Å². The van der Waals surface area contributed by atoms with E-state index in [1.54, 1.807) is 6.08 Å². The lowest BCUT2D eigenvalue weighted by molar-refractivity contribution is -0.114. The maximum absolute atomic E-state index is 10.4. The van der Waals surface area contributed by atoms with Gasteiger partial charge in [-0.3, -0.25) is 4.79 Å². The molecule has 9 heavy (non-hydrogen) atoms. The highest BCUT2D eigenvalue weighted by molar-refractivity contribution is 7.23. The van der Waals surface area contributed by atoms with Crippen LogP contribution in [-0.4, -0.2) is 5.91 Å². The van der Waals surface area contributed by atoms with E-state index in [0.717, 1.165) is 5.31 Å². The smallest absolute Gasteiger partial charge is 0.248 e. The van der Waals surface area contributed by atoms with Crippen LogP contribution in [-0.2, 0) is 4.79 Å². The van der Waals surface area contributed by atoms with Crippen LogP contribution >= 0.6 is 9.24 Å². The molecule has 0 fully saturated rings. The molecule has 1 atom stereocenters. The highest BCUT2D eigenvalue weighted by Crippen LogP contribution is 2.13. The van der Waals surface area contributed by atoms with Crippen molar-refractivity contribution in [2.75, 3.05) is 0 Å². The van der Waals surface area contributed by atoms with Crippen molar-refractivity contribution < 1.29 is 4.79 Å². The van der Waals surface area contributed by atoms with Crippen molar-refractivity contribution >= 4 is 15.1 Å². The number of hydrogen-bond donors (Lipinski definition) is 1. The summed E-state index contributed by atoms with van der Waals surface area (Å²) in [5, 5.41) is 0.752. The van der Waals surface area contributed by atoms with Crippen molar-refractivity contribution in [2.45, 2.75) is 6.92 Å². The molecule has 1 unspecified atom stereocenters. The van der Waals surface area contributed by atoms with E-state index in [1.807, 2.05) is 6.92 Å². The van der Waals surface area contributed by atoms with E-state index in [-0.39, 0.29) is 0 Å². The second-order valence-electron chi connectivity index (χ2n) is 1.59. The van der Waals surface area contributed by atoms with Gasteiger partial charge in [-0.2, -0.15) is 0 Å². The Balaban J connectivity index is 4.23. The van der Waals surface area contributed by atoms with E-state index in [1.165, 1.54) is 0 Å². The van der Waals surface area contributed by atoms with Crippen LogP contribution in [0.15, 0.2) is 23.5 Å². The van der Waals surface area contributed by atoms with E-state index in [2.05, 4.69) is 15.8 Å². The number of primary amides is 1. The number of rotatable bonds is 2. The van der Waals surface area contributed by atoms with Gasteiger partial charge in [-0.25, -0.2) is 0 Å². The van der Waals surface area contributed by atoms with Crippen molar-refractivity contribution in [1.82, 2.24) is 0 Å². The van der Waals surface area contributed by atoms with Crippen LogP contribution in [0.25, 0.3) is 0 Å². The molecule has 0 rings (SSSR count). The second kappa shape index (κ2) is 3.41. The van der Waals surface area contributed by atoms with Gasteiger partial charge in [0.2, 0.25) is 5.91 Å². The van der Waals surface area contributed by atoms with Crippen molar-refractivity contribution in [3.05, 3.63) is 23.5 Å². The van der Waals surface area contributed by atoms with Crippen LogP contribution in [0, 0.1) is 0 Å². The molecule has 2 N–H and O–H groups in total. The number of hydrogen-bond acceptors (Lipinski definition) is 1. The summed E-state index contributed by atoms with van der Waals surface area (Å²) < 4.78 is 0. The van der Waals surface area contributed by atoms with Crippen molar-refractivity contribution in [3.63, 3.8) is 0 Å². The number of carbonyl (C=O) groups is 1. The zero-order valence-corrected chi connectivity index (χ0v) is 6.50. The fraction of sp³-hybridized carbons (Fsp3) is 0.167. The van der Waals surface area contributed by atoms with Crippen molar-refractivity contribution in [1.29, 1.82) is 0 Å². The Hall–Kier alpha value is -0.620. The third-order valence-corrected chi connectivity index (χ3v) is 1.64. The lowest BCUT2D eigenvalue weighted by Crippen LogP contribution is -2.12. The molecule has 0 spiro atoms.